The molecule has 0 bridgehead atoms. The quantitative estimate of drug-likeness (QED) is 0.819. The normalized spacial score (nSPS) is 19.0. The van der Waals surface area contributed by atoms with E-state index >= 15 is 0 Å². The maximum absolute atomic E-state index is 13.7. The molecule has 1 aromatic carbocycles. The molecule has 16 heavy (non-hydrogen) atoms. The fourth-order valence-corrected chi connectivity index (χ4v) is 2.49. The van der Waals surface area contributed by atoms with E-state index in [-0.39, 0.29) is 6.04 Å². The molecule has 1 fully saturated rings. The van der Waals surface area contributed by atoms with Crippen LogP contribution in [-0.4, -0.2) is 0 Å². The summed E-state index contributed by atoms with van der Waals surface area (Å²) in [5.41, 5.74) is 6.68. The van der Waals surface area contributed by atoms with Crippen LogP contribution in [0.5, 0.6) is 0 Å². The fourth-order valence-electron chi connectivity index (χ4n) is 2.49. The monoisotopic (exact) mass is 225 g/mol. The van der Waals surface area contributed by atoms with Gasteiger partial charge in [0.15, 0.2) is 11.6 Å². The van der Waals surface area contributed by atoms with Crippen LogP contribution in [0.15, 0.2) is 12.1 Å². The highest BCUT2D eigenvalue weighted by Gasteiger charge is 2.26. The fraction of sp³-hybridized carbons (Fsp3) is 0.538. The Bertz CT molecular complexity index is 384. The third kappa shape index (κ3) is 1.96. The van der Waals surface area contributed by atoms with Crippen molar-refractivity contribution in [3.8, 4) is 0 Å². The minimum absolute atomic E-state index is 0.302. The Labute approximate surface area is 94.7 Å². The van der Waals surface area contributed by atoms with Crippen molar-refractivity contribution in [2.24, 2.45) is 11.7 Å². The van der Waals surface area contributed by atoms with Crippen molar-refractivity contribution >= 4 is 0 Å². The first-order valence-electron chi connectivity index (χ1n) is 5.81. The molecule has 1 saturated carbocycles. The molecule has 2 N–H and O–H groups in total. The van der Waals surface area contributed by atoms with E-state index < -0.39 is 11.6 Å². The minimum atomic E-state index is -0.764. The molecule has 88 valence electrons. The van der Waals surface area contributed by atoms with E-state index in [1.807, 2.05) is 0 Å². The predicted octanol–water partition coefficient (Wildman–Crippen LogP) is 3.46. The van der Waals surface area contributed by atoms with E-state index in [4.69, 9.17) is 5.73 Å². The topological polar surface area (TPSA) is 26.0 Å². The van der Waals surface area contributed by atoms with Crippen LogP contribution in [0, 0.1) is 24.5 Å². The summed E-state index contributed by atoms with van der Waals surface area (Å²) in [7, 11) is 0. The Morgan fingerprint density at radius 3 is 2.44 bits per heavy atom. The molecule has 0 spiro atoms. The molecule has 1 aliphatic carbocycles. The Kier molecular flexibility index (Phi) is 3.24. The number of aryl methyl sites for hydroxylation is 1. The lowest BCUT2D eigenvalue weighted by atomic mass is 9.91. The van der Waals surface area contributed by atoms with Crippen molar-refractivity contribution in [3.63, 3.8) is 0 Å². The third-order valence-corrected chi connectivity index (χ3v) is 3.57. The van der Waals surface area contributed by atoms with Gasteiger partial charge in [-0.25, -0.2) is 8.78 Å². The van der Waals surface area contributed by atoms with Crippen LogP contribution in [0.1, 0.15) is 42.9 Å². The molecule has 0 amide bonds. The van der Waals surface area contributed by atoms with Crippen LogP contribution >= 0.6 is 0 Å². The summed E-state index contributed by atoms with van der Waals surface area (Å²) in [6.45, 7) is 1.56. The van der Waals surface area contributed by atoms with Gasteiger partial charge in [-0.05, 0) is 31.2 Å². The number of hydrogen-bond acceptors (Lipinski definition) is 1. The Hall–Kier alpha value is -0.960. The zero-order valence-electron chi connectivity index (χ0n) is 9.47. The summed E-state index contributed by atoms with van der Waals surface area (Å²) < 4.78 is 27.1. The molecule has 1 atom stereocenters. The van der Waals surface area contributed by atoms with Gasteiger partial charge in [-0.15, -0.1) is 0 Å². The van der Waals surface area contributed by atoms with Crippen LogP contribution in [0.3, 0.4) is 0 Å². The van der Waals surface area contributed by atoms with E-state index in [1.165, 1.54) is 0 Å². The molecule has 0 radical (unpaired) electrons. The van der Waals surface area contributed by atoms with Gasteiger partial charge in [0.25, 0.3) is 0 Å². The number of halogens is 2. The van der Waals surface area contributed by atoms with Crippen LogP contribution in [0.2, 0.25) is 0 Å². The van der Waals surface area contributed by atoms with Crippen molar-refractivity contribution in [2.75, 3.05) is 0 Å². The van der Waals surface area contributed by atoms with Crippen molar-refractivity contribution < 1.29 is 8.78 Å². The highest BCUT2D eigenvalue weighted by molar-refractivity contribution is 5.28. The number of hydrogen-bond donors (Lipinski definition) is 1. The average Bonchev–Trinajstić information content (AvgIpc) is 2.79. The van der Waals surface area contributed by atoms with Gasteiger partial charge in [0.05, 0.1) is 0 Å². The molecule has 0 unspecified atom stereocenters. The average molecular weight is 225 g/mol. The Morgan fingerprint density at radius 2 is 1.81 bits per heavy atom. The third-order valence-electron chi connectivity index (χ3n) is 3.57. The van der Waals surface area contributed by atoms with Crippen LogP contribution in [-0.2, 0) is 0 Å². The maximum atomic E-state index is 13.7. The molecule has 0 heterocycles. The lowest BCUT2D eigenvalue weighted by Crippen LogP contribution is -2.21. The number of benzene rings is 1. The van der Waals surface area contributed by atoms with Gasteiger partial charge < -0.3 is 5.73 Å². The van der Waals surface area contributed by atoms with Gasteiger partial charge in [0.2, 0.25) is 0 Å². The van der Waals surface area contributed by atoms with Crippen LogP contribution < -0.4 is 5.73 Å². The zero-order chi connectivity index (χ0) is 11.7. The molecule has 1 nitrogen and oxygen atoms in total. The molecule has 1 aromatic rings. The van der Waals surface area contributed by atoms with Crippen molar-refractivity contribution in [1.82, 2.24) is 0 Å². The van der Waals surface area contributed by atoms with Gasteiger partial charge in [-0.1, -0.05) is 25.0 Å². The lowest BCUT2D eigenvalue weighted by Gasteiger charge is -2.20. The second-order valence-corrected chi connectivity index (χ2v) is 4.67. The van der Waals surface area contributed by atoms with Gasteiger partial charge in [0, 0.05) is 11.6 Å². The van der Waals surface area contributed by atoms with Gasteiger partial charge in [-0.2, -0.15) is 0 Å². The van der Waals surface area contributed by atoms with E-state index in [0.717, 1.165) is 25.7 Å². The van der Waals surface area contributed by atoms with Crippen molar-refractivity contribution in [1.29, 1.82) is 0 Å². The molecule has 0 aliphatic heterocycles. The molecule has 1 aliphatic rings. The molecular weight excluding hydrogens is 208 g/mol. The predicted molar refractivity (Wildman–Crippen MR) is 60.0 cm³/mol. The highest BCUT2D eigenvalue weighted by atomic mass is 19.2. The number of nitrogens with two attached hydrogens (primary N) is 1. The summed E-state index contributed by atoms with van der Waals surface area (Å²) in [6.07, 6.45) is 4.34. The van der Waals surface area contributed by atoms with Crippen molar-refractivity contribution in [2.45, 2.75) is 38.6 Å². The van der Waals surface area contributed by atoms with E-state index in [1.54, 1.807) is 19.1 Å². The highest BCUT2D eigenvalue weighted by Crippen LogP contribution is 2.35. The molecule has 2 rings (SSSR count). The summed E-state index contributed by atoms with van der Waals surface area (Å²) in [5.74, 6) is -1.22. The summed E-state index contributed by atoms with van der Waals surface area (Å²) in [6, 6.07) is 2.86. The van der Waals surface area contributed by atoms with Crippen molar-refractivity contribution in [3.05, 3.63) is 34.9 Å². The van der Waals surface area contributed by atoms with Gasteiger partial charge in [-0.3, -0.25) is 0 Å². The Morgan fingerprint density at radius 1 is 1.19 bits per heavy atom. The first-order chi connectivity index (χ1) is 7.61. The zero-order valence-corrected chi connectivity index (χ0v) is 9.47. The molecular formula is C13H17F2N. The second kappa shape index (κ2) is 4.50. The summed E-state index contributed by atoms with van der Waals surface area (Å²) in [5, 5.41) is 0. The standard InChI is InChI=1S/C13H17F2N/c1-8-6-7-10(12(15)11(8)14)13(16)9-4-2-3-5-9/h6-7,9,13H,2-5,16H2,1H3/t13-/m1/s1. The summed E-state index contributed by atoms with van der Waals surface area (Å²) in [4.78, 5) is 0. The SMILES string of the molecule is Cc1ccc([C@H](N)C2CCCC2)c(F)c1F. The lowest BCUT2D eigenvalue weighted by molar-refractivity contribution is 0.414. The largest absolute Gasteiger partial charge is 0.324 e. The van der Waals surface area contributed by atoms with E-state index in [9.17, 15) is 8.78 Å². The molecule has 0 saturated heterocycles. The smallest absolute Gasteiger partial charge is 0.163 e. The van der Waals surface area contributed by atoms with E-state index in [2.05, 4.69) is 0 Å². The van der Waals surface area contributed by atoms with Gasteiger partial charge in [0.1, 0.15) is 0 Å². The molecule has 3 heteroatoms. The van der Waals surface area contributed by atoms with Gasteiger partial charge >= 0.3 is 0 Å². The minimum Gasteiger partial charge on any atom is -0.324 e. The molecule has 0 aromatic heterocycles. The van der Waals surface area contributed by atoms with Crippen LogP contribution in [0.4, 0.5) is 8.78 Å². The first kappa shape index (κ1) is 11.5. The second-order valence-electron chi connectivity index (χ2n) is 4.67. The van der Waals surface area contributed by atoms with Crippen LogP contribution in [0.25, 0.3) is 0 Å². The summed E-state index contributed by atoms with van der Waals surface area (Å²) >= 11 is 0. The number of rotatable bonds is 2. The Balaban J connectivity index is 2.29. The first-order valence-corrected chi connectivity index (χ1v) is 5.81. The maximum Gasteiger partial charge on any atom is 0.163 e. The van der Waals surface area contributed by atoms with E-state index in [0.29, 0.717) is 17.0 Å².